The van der Waals surface area contributed by atoms with Gasteiger partial charge >= 0.3 is 11.9 Å². The van der Waals surface area contributed by atoms with Crippen molar-refractivity contribution in [1.29, 1.82) is 0 Å². The molecule has 1 N–H and O–H groups in total. The molecule has 0 bridgehead atoms. The van der Waals surface area contributed by atoms with Crippen LogP contribution in [0.1, 0.15) is 11.1 Å². The van der Waals surface area contributed by atoms with Crippen molar-refractivity contribution in [3.8, 4) is 0 Å². The van der Waals surface area contributed by atoms with Gasteiger partial charge < -0.3 is 5.32 Å². The summed E-state index contributed by atoms with van der Waals surface area (Å²) in [4.78, 5) is 13.7. The molecule has 2 aromatic rings. The van der Waals surface area contributed by atoms with Gasteiger partial charge in [-0.05, 0) is 23.8 Å². The molecule has 0 saturated heterocycles. The fourth-order valence-electron chi connectivity index (χ4n) is 1.84. The van der Waals surface area contributed by atoms with Crippen LogP contribution in [0, 0.1) is 15.9 Å². The molecule has 0 unspecified atom stereocenters. The van der Waals surface area contributed by atoms with Crippen LogP contribution in [0.2, 0.25) is 0 Å². The lowest BCUT2D eigenvalue weighted by atomic mass is 10.1. The highest BCUT2D eigenvalue weighted by Gasteiger charge is 2.33. The van der Waals surface area contributed by atoms with Crippen molar-refractivity contribution in [3.63, 3.8) is 0 Å². The lowest BCUT2D eigenvalue weighted by molar-refractivity contribution is -0.384. The van der Waals surface area contributed by atoms with Crippen LogP contribution in [0.25, 0.3) is 0 Å². The average molecular weight is 315 g/mol. The van der Waals surface area contributed by atoms with E-state index in [1.165, 1.54) is 12.3 Å². The summed E-state index contributed by atoms with van der Waals surface area (Å²) in [5, 5.41) is 13.3. The summed E-state index contributed by atoms with van der Waals surface area (Å²) in [6, 6.07) is 3.54. The second-order valence-electron chi connectivity index (χ2n) is 4.30. The molecule has 1 heterocycles. The Labute approximate surface area is 121 Å². The summed E-state index contributed by atoms with van der Waals surface area (Å²) >= 11 is 0. The van der Waals surface area contributed by atoms with E-state index in [2.05, 4.69) is 10.3 Å². The second kappa shape index (κ2) is 5.96. The molecule has 0 amide bonds. The van der Waals surface area contributed by atoms with Crippen molar-refractivity contribution < 1.29 is 22.5 Å². The van der Waals surface area contributed by atoms with Crippen LogP contribution in [-0.2, 0) is 12.7 Å². The van der Waals surface area contributed by atoms with Gasteiger partial charge in [0.1, 0.15) is 17.7 Å². The number of alkyl halides is 3. The Kier molecular flexibility index (Phi) is 4.25. The van der Waals surface area contributed by atoms with Gasteiger partial charge in [0.2, 0.25) is 0 Å². The minimum atomic E-state index is -4.72. The van der Waals surface area contributed by atoms with E-state index in [0.29, 0.717) is 6.07 Å². The summed E-state index contributed by atoms with van der Waals surface area (Å²) in [5.41, 5.74) is -1.69. The number of hydrogen-bond donors (Lipinski definition) is 1. The van der Waals surface area contributed by atoms with Gasteiger partial charge in [0.05, 0.1) is 10.5 Å². The predicted molar refractivity (Wildman–Crippen MR) is 69.6 cm³/mol. The zero-order valence-corrected chi connectivity index (χ0v) is 10.9. The molecule has 0 aliphatic rings. The number of aromatic nitrogens is 1. The van der Waals surface area contributed by atoms with E-state index in [-0.39, 0.29) is 23.5 Å². The molecule has 0 aliphatic heterocycles. The molecule has 2 rings (SSSR count). The maximum atomic E-state index is 13.0. The molecule has 9 heteroatoms. The predicted octanol–water partition coefficient (Wildman–Crippen LogP) is 3.76. The van der Waals surface area contributed by atoms with E-state index in [1.807, 2.05) is 0 Å². The molecular weight excluding hydrogens is 306 g/mol. The number of nitrogens with zero attached hydrogens (tertiary/aromatic N) is 2. The van der Waals surface area contributed by atoms with Gasteiger partial charge in [-0.25, -0.2) is 4.39 Å². The third kappa shape index (κ3) is 3.48. The van der Waals surface area contributed by atoms with Gasteiger partial charge in [0.25, 0.3) is 0 Å². The zero-order chi connectivity index (χ0) is 16.3. The fraction of sp³-hybridized carbons (Fsp3) is 0.154. The standard InChI is InChI=1S/C13H9F4N3O2/c14-9-2-1-8(10(5-9)13(15,16)17)6-19-11-3-4-18-7-12(11)20(21)22/h1-5,7H,6H2,(H,18,19). The summed E-state index contributed by atoms with van der Waals surface area (Å²) in [7, 11) is 0. The topological polar surface area (TPSA) is 68.1 Å². The Hall–Kier alpha value is -2.71. The van der Waals surface area contributed by atoms with Crippen molar-refractivity contribution in [2.45, 2.75) is 12.7 Å². The van der Waals surface area contributed by atoms with Gasteiger partial charge in [0, 0.05) is 12.7 Å². The summed E-state index contributed by atoms with van der Waals surface area (Å²) < 4.78 is 51.5. The number of nitrogens with one attached hydrogen (secondary N) is 1. The first-order valence-electron chi connectivity index (χ1n) is 5.97. The normalized spacial score (nSPS) is 11.3. The number of benzene rings is 1. The van der Waals surface area contributed by atoms with Gasteiger partial charge in [-0.2, -0.15) is 13.2 Å². The summed E-state index contributed by atoms with van der Waals surface area (Å²) in [6.07, 6.45) is -2.47. The number of halogens is 4. The highest BCUT2D eigenvalue weighted by atomic mass is 19.4. The molecule has 1 aromatic heterocycles. The average Bonchev–Trinajstić information content (AvgIpc) is 2.45. The van der Waals surface area contributed by atoms with E-state index in [1.54, 1.807) is 0 Å². The molecule has 1 aromatic carbocycles. The first-order chi connectivity index (χ1) is 10.3. The zero-order valence-electron chi connectivity index (χ0n) is 10.9. The van der Waals surface area contributed by atoms with E-state index >= 15 is 0 Å². The van der Waals surface area contributed by atoms with Crippen LogP contribution in [0.15, 0.2) is 36.7 Å². The molecule has 0 radical (unpaired) electrons. The molecule has 0 atom stereocenters. The summed E-state index contributed by atoms with van der Waals surface area (Å²) in [5.74, 6) is -1.01. The Balaban J connectivity index is 2.28. The lowest BCUT2D eigenvalue weighted by Gasteiger charge is -2.14. The largest absolute Gasteiger partial charge is 0.416 e. The number of hydrogen-bond acceptors (Lipinski definition) is 4. The van der Waals surface area contributed by atoms with E-state index < -0.39 is 22.5 Å². The first-order valence-corrected chi connectivity index (χ1v) is 5.97. The Morgan fingerprint density at radius 2 is 2.00 bits per heavy atom. The molecule has 5 nitrogen and oxygen atoms in total. The highest BCUT2D eigenvalue weighted by Crippen LogP contribution is 2.33. The molecule has 22 heavy (non-hydrogen) atoms. The van der Waals surface area contributed by atoms with E-state index in [9.17, 15) is 27.7 Å². The number of nitro groups is 1. The number of rotatable bonds is 4. The Bertz CT molecular complexity index is 704. The third-order valence-electron chi connectivity index (χ3n) is 2.84. The highest BCUT2D eigenvalue weighted by molar-refractivity contribution is 5.59. The van der Waals surface area contributed by atoms with Gasteiger partial charge in [0.15, 0.2) is 0 Å². The minimum Gasteiger partial charge on any atom is -0.375 e. The molecule has 0 spiro atoms. The molecule has 0 fully saturated rings. The molecule has 0 saturated carbocycles. The maximum absolute atomic E-state index is 13.0. The van der Waals surface area contributed by atoms with Crippen LogP contribution >= 0.6 is 0 Å². The van der Waals surface area contributed by atoms with Crippen LogP contribution in [0.5, 0.6) is 0 Å². The van der Waals surface area contributed by atoms with Crippen molar-refractivity contribution >= 4 is 11.4 Å². The third-order valence-corrected chi connectivity index (χ3v) is 2.84. The van der Waals surface area contributed by atoms with Gasteiger partial charge in [-0.3, -0.25) is 15.1 Å². The van der Waals surface area contributed by atoms with Crippen molar-refractivity contribution in [3.05, 3.63) is 63.7 Å². The van der Waals surface area contributed by atoms with E-state index in [0.717, 1.165) is 18.3 Å². The van der Waals surface area contributed by atoms with Crippen molar-refractivity contribution in [2.24, 2.45) is 0 Å². The quantitative estimate of drug-likeness (QED) is 0.530. The second-order valence-corrected chi connectivity index (χ2v) is 4.30. The SMILES string of the molecule is O=[N+]([O-])c1cnccc1NCc1ccc(F)cc1C(F)(F)F. The smallest absolute Gasteiger partial charge is 0.375 e. The van der Waals surface area contributed by atoms with Crippen molar-refractivity contribution in [1.82, 2.24) is 4.98 Å². The number of pyridine rings is 1. The Morgan fingerprint density at radius 1 is 1.27 bits per heavy atom. The Morgan fingerprint density at radius 3 is 2.64 bits per heavy atom. The molecular formula is C13H9F4N3O2. The first kappa shape index (κ1) is 15.7. The van der Waals surface area contributed by atoms with Crippen LogP contribution in [0.4, 0.5) is 28.9 Å². The minimum absolute atomic E-state index is 0.0254. The molecule has 116 valence electrons. The van der Waals surface area contributed by atoms with Crippen LogP contribution < -0.4 is 5.32 Å². The lowest BCUT2D eigenvalue weighted by Crippen LogP contribution is -2.13. The van der Waals surface area contributed by atoms with Crippen LogP contribution in [0.3, 0.4) is 0 Å². The van der Waals surface area contributed by atoms with Gasteiger partial charge in [-0.1, -0.05) is 6.07 Å². The molecule has 0 aliphatic carbocycles. The maximum Gasteiger partial charge on any atom is 0.416 e. The van der Waals surface area contributed by atoms with Crippen molar-refractivity contribution in [2.75, 3.05) is 5.32 Å². The van der Waals surface area contributed by atoms with E-state index in [4.69, 9.17) is 0 Å². The fourth-order valence-corrected chi connectivity index (χ4v) is 1.84. The monoisotopic (exact) mass is 315 g/mol. The van der Waals surface area contributed by atoms with Crippen LogP contribution in [-0.4, -0.2) is 9.91 Å². The summed E-state index contributed by atoms with van der Waals surface area (Å²) in [6.45, 7) is -0.347. The van der Waals surface area contributed by atoms with Gasteiger partial charge in [-0.15, -0.1) is 0 Å². The number of anilines is 1.